The van der Waals surface area contributed by atoms with Crippen molar-refractivity contribution in [2.24, 2.45) is 0 Å². The van der Waals surface area contributed by atoms with Crippen molar-refractivity contribution in [1.29, 1.82) is 0 Å². The molecule has 1 heterocycles. The summed E-state index contributed by atoms with van der Waals surface area (Å²) in [6.07, 6.45) is 14.7. The fourth-order valence-corrected chi connectivity index (χ4v) is 3.64. The molecular formula is C22H35F9N2O3S. The van der Waals surface area contributed by atoms with Crippen LogP contribution in [0.15, 0.2) is 18.7 Å². The fourth-order valence-electron chi connectivity index (χ4n) is 3.19. The quantitative estimate of drug-likeness (QED) is 0.0913. The van der Waals surface area contributed by atoms with E-state index < -0.39 is 33.4 Å². The van der Waals surface area contributed by atoms with Crippen molar-refractivity contribution in [3.05, 3.63) is 18.7 Å². The average Bonchev–Trinajstić information content (AvgIpc) is 3.22. The van der Waals surface area contributed by atoms with E-state index in [2.05, 4.69) is 41.7 Å². The van der Waals surface area contributed by atoms with E-state index in [1.54, 1.807) is 0 Å². The maximum absolute atomic E-state index is 12.2. The Morgan fingerprint density at radius 1 is 0.730 bits per heavy atom. The van der Waals surface area contributed by atoms with Gasteiger partial charge in [0.15, 0.2) is 10.1 Å². The van der Waals surface area contributed by atoms with Crippen LogP contribution in [0.3, 0.4) is 0 Å². The number of hydrogen-bond donors (Lipinski definition) is 0. The van der Waals surface area contributed by atoms with Crippen LogP contribution >= 0.6 is 0 Å². The summed E-state index contributed by atoms with van der Waals surface area (Å²) < 4.78 is 140. The van der Waals surface area contributed by atoms with Gasteiger partial charge in [0.05, 0.1) is 13.1 Å². The fraction of sp³-hybridized carbons (Fsp3) is 0.864. The maximum atomic E-state index is 12.2. The molecule has 1 aromatic heterocycles. The minimum atomic E-state index is -7.43. The highest BCUT2D eigenvalue weighted by Gasteiger charge is 2.83. The van der Waals surface area contributed by atoms with E-state index in [4.69, 9.17) is 0 Å². The van der Waals surface area contributed by atoms with Crippen LogP contribution < -0.4 is 4.57 Å². The lowest BCUT2D eigenvalue weighted by Crippen LogP contribution is -2.63. The minimum absolute atomic E-state index is 1.18. The molecule has 0 aliphatic heterocycles. The first kappa shape index (κ1) is 35.5. The molecule has 0 aliphatic rings. The number of hydrogen-bond acceptors (Lipinski definition) is 3. The van der Waals surface area contributed by atoms with Gasteiger partial charge in [-0.05, 0) is 25.7 Å². The lowest BCUT2D eigenvalue weighted by Gasteiger charge is -2.34. The molecule has 15 heteroatoms. The molecule has 1 rings (SSSR count). The predicted molar refractivity (Wildman–Crippen MR) is 117 cm³/mol. The molecule has 0 unspecified atom stereocenters. The van der Waals surface area contributed by atoms with E-state index >= 15 is 0 Å². The van der Waals surface area contributed by atoms with E-state index in [-0.39, 0.29) is 0 Å². The largest absolute Gasteiger partial charge is 0.743 e. The molecule has 0 N–H and O–H groups in total. The van der Waals surface area contributed by atoms with E-state index in [0.29, 0.717) is 0 Å². The lowest BCUT2D eigenvalue weighted by molar-refractivity contribution is -0.696. The van der Waals surface area contributed by atoms with Crippen LogP contribution in [0, 0.1) is 0 Å². The van der Waals surface area contributed by atoms with Crippen molar-refractivity contribution in [3.8, 4) is 0 Å². The van der Waals surface area contributed by atoms with Crippen molar-refractivity contribution >= 4 is 10.1 Å². The molecule has 0 radical (unpaired) electrons. The van der Waals surface area contributed by atoms with Crippen molar-refractivity contribution in [2.75, 3.05) is 0 Å². The zero-order chi connectivity index (χ0) is 29.0. The van der Waals surface area contributed by atoms with E-state index in [9.17, 15) is 52.5 Å². The normalized spacial score (nSPS) is 13.4. The highest BCUT2D eigenvalue weighted by molar-refractivity contribution is 7.86. The standard InChI is InChI=1S/C18H35N2.C4HF9O3S/c1-3-5-7-9-10-11-13-15-20-17-16-19(18-20)14-12-8-6-4-2;5-1(6,3(9,10)11)2(7,8)4(12,13)17(14,15)16/h16-18H,3-15H2,1-2H3;(H,14,15,16)/q+1;/p-1. The van der Waals surface area contributed by atoms with Gasteiger partial charge >= 0.3 is 23.3 Å². The summed E-state index contributed by atoms with van der Waals surface area (Å²) in [5, 5.41) is -7.11. The second kappa shape index (κ2) is 15.2. The van der Waals surface area contributed by atoms with E-state index in [0.717, 1.165) is 0 Å². The Morgan fingerprint density at radius 2 is 1.19 bits per heavy atom. The molecular weight excluding hydrogens is 543 g/mol. The van der Waals surface area contributed by atoms with Gasteiger partial charge in [-0.2, -0.15) is 39.5 Å². The SMILES string of the molecule is CCCCCCCCC[n+]1ccn(CCCCCC)c1.O=S(=O)([O-])C(F)(F)C(F)(F)C(F)(F)C(F)(F)F. The first-order valence-corrected chi connectivity index (χ1v) is 13.5. The third-order valence-electron chi connectivity index (χ3n) is 5.47. The molecule has 220 valence electrons. The van der Waals surface area contributed by atoms with Gasteiger partial charge in [0.25, 0.3) is 0 Å². The Bertz CT molecular complexity index is 873. The highest BCUT2D eigenvalue weighted by Crippen LogP contribution is 2.54. The molecule has 0 saturated carbocycles. The third kappa shape index (κ3) is 10.6. The lowest BCUT2D eigenvalue weighted by atomic mass is 10.1. The molecule has 0 aromatic carbocycles. The smallest absolute Gasteiger partial charge is 0.460 e. The van der Waals surface area contributed by atoms with Gasteiger partial charge in [-0.15, -0.1) is 0 Å². The Labute approximate surface area is 211 Å². The number of rotatable bonds is 16. The van der Waals surface area contributed by atoms with Crippen LogP contribution in [-0.2, 0) is 23.2 Å². The van der Waals surface area contributed by atoms with Crippen molar-refractivity contribution in [1.82, 2.24) is 4.57 Å². The van der Waals surface area contributed by atoms with Gasteiger partial charge in [-0.3, -0.25) is 0 Å². The Kier molecular flexibility index (Phi) is 14.6. The summed E-state index contributed by atoms with van der Waals surface area (Å²) >= 11 is 0. The van der Waals surface area contributed by atoms with Crippen LogP contribution in [0.25, 0.3) is 0 Å². The van der Waals surface area contributed by atoms with E-state index in [1.165, 1.54) is 83.7 Å². The van der Waals surface area contributed by atoms with Crippen LogP contribution in [0.5, 0.6) is 0 Å². The van der Waals surface area contributed by atoms with Crippen LogP contribution in [0.1, 0.15) is 84.5 Å². The van der Waals surface area contributed by atoms with E-state index in [1.807, 2.05) is 0 Å². The van der Waals surface area contributed by atoms with Gasteiger partial charge in [-0.1, -0.05) is 58.8 Å². The zero-order valence-electron chi connectivity index (χ0n) is 20.9. The van der Waals surface area contributed by atoms with Gasteiger partial charge in [0.2, 0.25) is 6.33 Å². The van der Waals surface area contributed by atoms with Gasteiger partial charge in [0.1, 0.15) is 12.4 Å². The highest BCUT2D eigenvalue weighted by atomic mass is 32.2. The molecule has 0 saturated heterocycles. The summed E-state index contributed by atoms with van der Waals surface area (Å²) in [7, 11) is -7.42. The van der Waals surface area contributed by atoms with Crippen LogP contribution in [-0.4, -0.2) is 40.8 Å². The van der Waals surface area contributed by atoms with Crippen LogP contribution in [0.4, 0.5) is 39.5 Å². The second-order valence-electron chi connectivity index (χ2n) is 8.69. The number of aromatic nitrogens is 2. The molecule has 0 fully saturated rings. The Balaban J connectivity index is 0.000000712. The summed E-state index contributed by atoms with van der Waals surface area (Å²) in [6, 6.07) is 0. The number of alkyl halides is 9. The van der Waals surface area contributed by atoms with Crippen LogP contribution in [0.2, 0.25) is 0 Å². The summed E-state index contributed by atoms with van der Waals surface area (Å²) in [5.41, 5.74) is 0. The molecule has 0 bridgehead atoms. The molecule has 1 aromatic rings. The summed E-state index contributed by atoms with van der Waals surface area (Å²) in [4.78, 5) is 0. The third-order valence-corrected chi connectivity index (χ3v) is 6.35. The molecule has 37 heavy (non-hydrogen) atoms. The maximum Gasteiger partial charge on any atom is 0.460 e. The molecule has 5 nitrogen and oxygen atoms in total. The second-order valence-corrected chi connectivity index (χ2v) is 10.1. The Morgan fingerprint density at radius 3 is 1.65 bits per heavy atom. The van der Waals surface area contributed by atoms with Gasteiger partial charge < -0.3 is 4.55 Å². The predicted octanol–water partition coefficient (Wildman–Crippen LogP) is 7.06. The number of imidazole rings is 1. The monoisotopic (exact) mass is 578 g/mol. The van der Waals surface area contributed by atoms with Gasteiger partial charge in [0, 0.05) is 0 Å². The topological polar surface area (TPSA) is 66.0 Å². The number of nitrogens with zero attached hydrogens (tertiary/aromatic N) is 2. The summed E-state index contributed by atoms with van der Waals surface area (Å²) in [5.74, 6) is -14.8. The molecule has 0 atom stereocenters. The van der Waals surface area contributed by atoms with Crippen molar-refractivity contribution < 1.29 is 57.1 Å². The minimum Gasteiger partial charge on any atom is -0.743 e. The van der Waals surface area contributed by atoms with Crippen molar-refractivity contribution in [2.45, 2.75) is 121 Å². The first-order valence-electron chi connectivity index (χ1n) is 12.1. The Hall–Kier alpha value is -1.51. The zero-order valence-corrected chi connectivity index (χ0v) is 21.7. The number of halogens is 9. The molecule has 0 spiro atoms. The number of unbranched alkanes of at least 4 members (excludes halogenated alkanes) is 9. The summed E-state index contributed by atoms with van der Waals surface area (Å²) in [6.45, 7) is 6.93. The molecule has 0 aliphatic carbocycles. The van der Waals surface area contributed by atoms with Crippen molar-refractivity contribution in [3.63, 3.8) is 0 Å². The first-order chi connectivity index (χ1) is 16.9. The number of aryl methyl sites for hydroxylation is 2. The molecule has 0 amide bonds. The van der Waals surface area contributed by atoms with Gasteiger partial charge in [-0.25, -0.2) is 17.6 Å². The average molecular weight is 579 g/mol.